The molecule has 0 unspecified atom stereocenters. The quantitative estimate of drug-likeness (QED) is 0.288. The molecular weight excluding hydrogens is 548 g/mol. The Labute approximate surface area is 230 Å². The summed E-state index contributed by atoms with van der Waals surface area (Å²) in [7, 11) is -3.80. The maximum atomic E-state index is 13.2. The minimum Gasteiger partial charge on any atom is -0.406 e. The van der Waals surface area contributed by atoms with Gasteiger partial charge < -0.3 is 10.1 Å². The highest BCUT2D eigenvalue weighted by atomic mass is 32.2. The van der Waals surface area contributed by atoms with Crippen molar-refractivity contribution in [3.63, 3.8) is 0 Å². The average Bonchev–Trinajstić information content (AvgIpc) is 3.70. The molecule has 3 aromatic carbocycles. The molecule has 0 atom stereocenters. The van der Waals surface area contributed by atoms with Gasteiger partial charge in [-0.25, -0.2) is 12.8 Å². The van der Waals surface area contributed by atoms with Crippen molar-refractivity contribution in [3.05, 3.63) is 95.8 Å². The summed E-state index contributed by atoms with van der Waals surface area (Å²) in [6, 6.07) is 18.3. The molecule has 6 nitrogen and oxygen atoms in total. The summed E-state index contributed by atoms with van der Waals surface area (Å²) in [5.41, 5.74) is 1.65. The lowest BCUT2D eigenvalue weighted by Gasteiger charge is -2.28. The van der Waals surface area contributed by atoms with Crippen LogP contribution < -0.4 is 10.1 Å². The van der Waals surface area contributed by atoms with Gasteiger partial charge in [-0.05, 0) is 65.4 Å². The molecule has 1 aliphatic carbocycles. The molecular formula is C29H28F4N2O4S. The van der Waals surface area contributed by atoms with Gasteiger partial charge in [0.2, 0.25) is 15.9 Å². The van der Waals surface area contributed by atoms with Crippen molar-refractivity contribution in [3.8, 4) is 16.9 Å². The monoisotopic (exact) mass is 576 g/mol. The third-order valence-corrected chi connectivity index (χ3v) is 8.43. The number of hydrogen-bond donors (Lipinski definition) is 1. The first-order valence-corrected chi connectivity index (χ1v) is 14.2. The molecule has 1 N–H and O–H groups in total. The minimum absolute atomic E-state index is 0.129. The molecule has 0 bridgehead atoms. The third-order valence-electron chi connectivity index (χ3n) is 6.54. The van der Waals surface area contributed by atoms with E-state index in [9.17, 15) is 30.8 Å². The van der Waals surface area contributed by atoms with Crippen molar-refractivity contribution in [2.75, 3.05) is 12.3 Å². The van der Waals surface area contributed by atoms with E-state index in [1.807, 2.05) is 0 Å². The van der Waals surface area contributed by atoms with E-state index in [1.165, 1.54) is 58.9 Å². The van der Waals surface area contributed by atoms with Crippen molar-refractivity contribution in [2.45, 2.75) is 38.2 Å². The Bertz CT molecular complexity index is 1470. The van der Waals surface area contributed by atoms with Crippen LogP contribution in [-0.4, -0.2) is 42.8 Å². The van der Waals surface area contributed by atoms with Crippen molar-refractivity contribution < 1.29 is 35.5 Å². The van der Waals surface area contributed by atoms with Gasteiger partial charge in [-0.1, -0.05) is 61.5 Å². The Morgan fingerprint density at radius 3 is 2.30 bits per heavy atom. The van der Waals surface area contributed by atoms with E-state index in [0.717, 1.165) is 11.1 Å². The van der Waals surface area contributed by atoms with Crippen LogP contribution in [0.4, 0.5) is 17.6 Å². The molecule has 40 heavy (non-hydrogen) atoms. The maximum Gasteiger partial charge on any atom is 0.573 e. The number of hydrogen-bond acceptors (Lipinski definition) is 4. The van der Waals surface area contributed by atoms with Crippen molar-refractivity contribution >= 4 is 22.0 Å². The van der Waals surface area contributed by atoms with E-state index in [1.54, 1.807) is 37.3 Å². The van der Waals surface area contributed by atoms with Crippen LogP contribution in [0.25, 0.3) is 17.2 Å². The molecule has 1 saturated carbocycles. The predicted octanol–water partition coefficient (Wildman–Crippen LogP) is 5.91. The summed E-state index contributed by atoms with van der Waals surface area (Å²) < 4.78 is 81.8. The Morgan fingerprint density at radius 2 is 1.70 bits per heavy atom. The molecule has 0 aliphatic heterocycles. The van der Waals surface area contributed by atoms with E-state index in [-0.39, 0.29) is 36.3 Å². The van der Waals surface area contributed by atoms with Crippen molar-refractivity contribution in [2.24, 2.45) is 0 Å². The van der Waals surface area contributed by atoms with Crippen LogP contribution in [0.2, 0.25) is 0 Å². The van der Waals surface area contributed by atoms with Crippen LogP contribution in [0.3, 0.4) is 0 Å². The zero-order chi connectivity index (χ0) is 29.0. The molecule has 1 aliphatic rings. The molecule has 0 spiro atoms. The van der Waals surface area contributed by atoms with E-state index < -0.39 is 21.9 Å². The Morgan fingerprint density at radius 1 is 1.02 bits per heavy atom. The number of ether oxygens (including phenoxy) is 1. The summed E-state index contributed by atoms with van der Waals surface area (Å²) in [4.78, 5) is 13.2. The summed E-state index contributed by atoms with van der Waals surface area (Å²) in [6.45, 7) is 1.96. The Balaban J connectivity index is 1.39. The molecule has 0 radical (unpaired) electrons. The number of amides is 1. The highest BCUT2D eigenvalue weighted by molar-refractivity contribution is 7.89. The smallest absolute Gasteiger partial charge is 0.406 e. The topological polar surface area (TPSA) is 75.7 Å². The number of rotatable bonds is 11. The van der Waals surface area contributed by atoms with Crippen LogP contribution in [0.5, 0.6) is 5.75 Å². The zero-order valence-corrected chi connectivity index (χ0v) is 22.4. The van der Waals surface area contributed by atoms with E-state index in [4.69, 9.17) is 0 Å². The molecule has 4 rings (SSSR count). The number of nitrogens with one attached hydrogen (secondary N) is 1. The second-order valence-corrected chi connectivity index (χ2v) is 11.3. The Hall–Kier alpha value is -3.70. The molecule has 212 valence electrons. The lowest BCUT2D eigenvalue weighted by atomic mass is 10.0. The molecule has 0 saturated heterocycles. The fourth-order valence-corrected chi connectivity index (χ4v) is 6.21. The second-order valence-electron chi connectivity index (χ2n) is 9.38. The zero-order valence-electron chi connectivity index (χ0n) is 21.6. The highest BCUT2D eigenvalue weighted by Crippen LogP contribution is 2.43. The standard InChI is InChI=1S/C29H28F4N2O4S/c1-2-35(40(37,38)18-4-6-21-8-12-25(30)13-9-21)28(16-17-28)27(36)34-20-22-5-3-7-24(19-22)23-10-14-26(15-11-23)39-29(31,32)33/h3-15,19H,2,16-18,20H2,1H3,(H,34,36). The lowest BCUT2D eigenvalue weighted by molar-refractivity contribution is -0.274. The van der Waals surface area contributed by atoms with Gasteiger partial charge in [0.15, 0.2) is 0 Å². The number of nitrogens with zero attached hydrogens (tertiary/aromatic N) is 1. The summed E-state index contributed by atoms with van der Waals surface area (Å²) >= 11 is 0. The average molecular weight is 577 g/mol. The maximum absolute atomic E-state index is 13.2. The summed E-state index contributed by atoms with van der Waals surface area (Å²) in [6.07, 6.45) is -0.896. The molecule has 0 heterocycles. The number of carbonyl (C=O) groups is 1. The van der Waals surface area contributed by atoms with Gasteiger partial charge in [-0.2, -0.15) is 4.31 Å². The van der Waals surface area contributed by atoms with Gasteiger partial charge in [-0.15, -0.1) is 13.2 Å². The van der Waals surface area contributed by atoms with Gasteiger partial charge in [-0.3, -0.25) is 4.79 Å². The van der Waals surface area contributed by atoms with Gasteiger partial charge in [0, 0.05) is 13.1 Å². The molecule has 11 heteroatoms. The number of halogens is 4. The number of carbonyl (C=O) groups excluding carboxylic acids is 1. The van der Waals surface area contributed by atoms with Gasteiger partial charge in [0.25, 0.3) is 0 Å². The van der Waals surface area contributed by atoms with Crippen LogP contribution in [0, 0.1) is 5.82 Å². The number of benzene rings is 3. The van der Waals surface area contributed by atoms with E-state index in [2.05, 4.69) is 10.1 Å². The van der Waals surface area contributed by atoms with Crippen LogP contribution in [-0.2, 0) is 21.4 Å². The first kappa shape index (κ1) is 29.3. The van der Waals surface area contributed by atoms with Gasteiger partial charge in [0.05, 0.1) is 5.75 Å². The number of likely N-dealkylation sites (N-methyl/N-ethyl adjacent to an activating group) is 1. The summed E-state index contributed by atoms with van der Waals surface area (Å²) in [5.74, 6) is -1.40. The van der Waals surface area contributed by atoms with E-state index in [0.29, 0.717) is 24.0 Å². The first-order valence-electron chi connectivity index (χ1n) is 12.6. The van der Waals surface area contributed by atoms with Crippen molar-refractivity contribution in [1.29, 1.82) is 0 Å². The fraction of sp³-hybridized carbons (Fsp3) is 0.276. The fourth-order valence-electron chi connectivity index (χ4n) is 4.50. The highest BCUT2D eigenvalue weighted by Gasteiger charge is 2.57. The molecule has 1 amide bonds. The van der Waals surface area contributed by atoms with Crippen LogP contribution in [0.15, 0.2) is 78.9 Å². The first-order chi connectivity index (χ1) is 18.9. The molecule has 1 fully saturated rings. The largest absolute Gasteiger partial charge is 0.573 e. The van der Waals surface area contributed by atoms with Crippen LogP contribution in [0.1, 0.15) is 30.9 Å². The van der Waals surface area contributed by atoms with Gasteiger partial charge in [0.1, 0.15) is 17.1 Å². The van der Waals surface area contributed by atoms with E-state index >= 15 is 0 Å². The predicted molar refractivity (Wildman–Crippen MR) is 144 cm³/mol. The number of sulfonamides is 1. The second kappa shape index (κ2) is 11.8. The Kier molecular flexibility index (Phi) is 8.65. The minimum atomic E-state index is -4.77. The SMILES string of the molecule is CCN(C1(C(=O)NCc2cccc(-c3ccc(OC(F)(F)F)cc3)c2)CC1)S(=O)(=O)CC=Cc1ccc(F)cc1. The normalized spacial score (nSPS) is 14.8. The van der Waals surface area contributed by atoms with Crippen molar-refractivity contribution in [1.82, 2.24) is 9.62 Å². The molecule has 0 aromatic heterocycles. The van der Waals surface area contributed by atoms with Gasteiger partial charge >= 0.3 is 6.36 Å². The van der Waals surface area contributed by atoms with Crippen LogP contribution >= 0.6 is 0 Å². The molecule has 3 aromatic rings. The third kappa shape index (κ3) is 7.28. The lowest BCUT2D eigenvalue weighted by Crippen LogP contribution is -2.52. The summed E-state index contributed by atoms with van der Waals surface area (Å²) in [5, 5.41) is 2.85. The number of alkyl halides is 3.